The van der Waals surface area contributed by atoms with E-state index in [1.807, 2.05) is 4.90 Å². The number of carbonyl (C=O) groups excluding carboxylic acids is 2. The van der Waals surface area contributed by atoms with Crippen molar-refractivity contribution in [2.45, 2.75) is 0 Å². The average molecular weight is 320 g/mol. The van der Waals surface area contributed by atoms with Crippen LogP contribution >= 0.6 is 0 Å². The highest BCUT2D eigenvalue weighted by Gasteiger charge is 2.26. The van der Waals surface area contributed by atoms with Gasteiger partial charge in [-0.2, -0.15) is 0 Å². The van der Waals surface area contributed by atoms with Crippen molar-refractivity contribution in [3.63, 3.8) is 0 Å². The summed E-state index contributed by atoms with van der Waals surface area (Å²) in [6.45, 7) is 6.68. The van der Waals surface area contributed by atoms with Gasteiger partial charge >= 0.3 is 0 Å². The zero-order chi connectivity index (χ0) is 16.2. The van der Waals surface area contributed by atoms with Crippen molar-refractivity contribution in [3.8, 4) is 0 Å². The van der Waals surface area contributed by atoms with Gasteiger partial charge in [0.1, 0.15) is 0 Å². The Morgan fingerprint density at radius 3 is 2.26 bits per heavy atom. The molecule has 0 bridgehead atoms. The molecule has 0 saturated carbocycles. The van der Waals surface area contributed by atoms with E-state index in [4.69, 9.17) is 4.42 Å². The highest BCUT2D eigenvalue weighted by atomic mass is 16.3. The molecule has 126 valence electrons. The Morgan fingerprint density at radius 1 is 1.00 bits per heavy atom. The summed E-state index contributed by atoms with van der Waals surface area (Å²) in [7, 11) is 2.08. The van der Waals surface area contributed by atoms with E-state index in [9.17, 15) is 9.59 Å². The Balaban J connectivity index is 1.44. The molecule has 1 aromatic heterocycles. The maximum Gasteiger partial charge on any atom is 0.289 e. The lowest BCUT2D eigenvalue weighted by Crippen LogP contribution is -2.54. The Labute approximate surface area is 136 Å². The first-order chi connectivity index (χ1) is 11.1. The summed E-state index contributed by atoms with van der Waals surface area (Å²) < 4.78 is 5.16. The van der Waals surface area contributed by atoms with E-state index in [0.29, 0.717) is 25.4 Å². The van der Waals surface area contributed by atoms with E-state index in [1.54, 1.807) is 17.0 Å². The normalized spacial score (nSPS) is 20.7. The van der Waals surface area contributed by atoms with Gasteiger partial charge in [-0.05, 0) is 19.2 Å². The van der Waals surface area contributed by atoms with E-state index in [1.165, 1.54) is 6.26 Å². The van der Waals surface area contributed by atoms with Crippen LogP contribution in [0.3, 0.4) is 0 Å². The Bertz CT molecular complexity index is 530. The molecule has 0 radical (unpaired) electrons. The van der Waals surface area contributed by atoms with Crippen LogP contribution in [0.5, 0.6) is 0 Å². The number of rotatable bonds is 3. The molecule has 3 rings (SSSR count). The smallest absolute Gasteiger partial charge is 0.289 e. The number of nitrogens with zero attached hydrogens (tertiary/aromatic N) is 4. The topological polar surface area (TPSA) is 60.2 Å². The summed E-state index contributed by atoms with van der Waals surface area (Å²) in [6.07, 6.45) is 1.51. The van der Waals surface area contributed by atoms with Gasteiger partial charge in [0, 0.05) is 52.4 Å². The summed E-state index contributed by atoms with van der Waals surface area (Å²) in [4.78, 5) is 32.6. The fourth-order valence-electron chi connectivity index (χ4n) is 3.01. The van der Waals surface area contributed by atoms with Crippen LogP contribution in [-0.2, 0) is 4.79 Å². The van der Waals surface area contributed by atoms with Crippen molar-refractivity contribution in [1.82, 2.24) is 19.6 Å². The molecular weight excluding hydrogens is 296 g/mol. The van der Waals surface area contributed by atoms with Gasteiger partial charge in [-0.15, -0.1) is 0 Å². The molecule has 1 aromatic rings. The fraction of sp³-hybridized carbons (Fsp3) is 0.625. The number of hydrogen-bond acceptors (Lipinski definition) is 5. The fourth-order valence-corrected chi connectivity index (χ4v) is 3.01. The second kappa shape index (κ2) is 7.14. The van der Waals surface area contributed by atoms with Crippen molar-refractivity contribution in [3.05, 3.63) is 24.2 Å². The number of carbonyl (C=O) groups is 2. The molecule has 3 heterocycles. The molecule has 7 heteroatoms. The molecular formula is C16H24N4O3. The van der Waals surface area contributed by atoms with E-state index in [2.05, 4.69) is 16.8 Å². The number of furan rings is 1. The number of amides is 2. The predicted molar refractivity (Wildman–Crippen MR) is 85.1 cm³/mol. The number of hydrogen-bond donors (Lipinski definition) is 0. The molecule has 2 aliphatic heterocycles. The molecule has 2 fully saturated rings. The van der Waals surface area contributed by atoms with Crippen LogP contribution in [0.4, 0.5) is 0 Å². The van der Waals surface area contributed by atoms with Crippen molar-refractivity contribution in [2.24, 2.45) is 0 Å². The highest BCUT2D eigenvalue weighted by molar-refractivity contribution is 5.91. The minimum atomic E-state index is -0.0694. The SMILES string of the molecule is CN1CCN(C(=O)CN2CCN(C(=O)c3ccco3)CC2)CC1. The van der Waals surface area contributed by atoms with Crippen molar-refractivity contribution < 1.29 is 14.0 Å². The summed E-state index contributed by atoms with van der Waals surface area (Å²) in [5.74, 6) is 0.510. The minimum absolute atomic E-state index is 0.0694. The zero-order valence-electron chi connectivity index (χ0n) is 13.6. The largest absolute Gasteiger partial charge is 0.459 e. The van der Waals surface area contributed by atoms with Gasteiger partial charge in [0.25, 0.3) is 5.91 Å². The minimum Gasteiger partial charge on any atom is -0.459 e. The van der Waals surface area contributed by atoms with Crippen LogP contribution < -0.4 is 0 Å². The molecule has 0 aromatic carbocycles. The van der Waals surface area contributed by atoms with Crippen LogP contribution in [0, 0.1) is 0 Å². The third-order valence-electron chi connectivity index (χ3n) is 4.61. The first kappa shape index (κ1) is 16.0. The standard InChI is InChI=1S/C16H24N4O3/c1-17-4-8-19(9-5-17)15(21)13-18-6-10-20(11-7-18)16(22)14-3-2-12-23-14/h2-3,12H,4-11,13H2,1H3. The van der Waals surface area contributed by atoms with Crippen LogP contribution in [0.1, 0.15) is 10.6 Å². The van der Waals surface area contributed by atoms with Crippen molar-refractivity contribution >= 4 is 11.8 Å². The van der Waals surface area contributed by atoms with Gasteiger partial charge < -0.3 is 19.1 Å². The summed E-state index contributed by atoms with van der Waals surface area (Å²) in [6, 6.07) is 3.41. The first-order valence-corrected chi connectivity index (χ1v) is 8.15. The molecule has 0 atom stereocenters. The molecule has 2 aliphatic rings. The lowest BCUT2D eigenvalue weighted by molar-refractivity contribution is -0.134. The van der Waals surface area contributed by atoms with Gasteiger partial charge in [-0.25, -0.2) is 0 Å². The maximum absolute atomic E-state index is 12.3. The number of piperazine rings is 2. The summed E-state index contributed by atoms with van der Waals surface area (Å²) >= 11 is 0. The van der Waals surface area contributed by atoms with Crippen molar-refractivity contribution in [1.29, 1.82) is 0 Å². The van der Waals surface area contributed by atoms with Gasteiger partial charge in [0.15, 0.2) is 5.76 Å². The van der Waals surface area contributed by atoms with Gasteiger partial charge in [0.05, 0.1) is 12.8 Å². The molecule has 7 nitrogen and oxygen atoms in total. The highest BCUT2D eigenvalue weighted by Crippen LogP contribution is 2.10. The third kappa shape index (κ3) is 3.92. The second-order valence-electron chi connectivity index (χ2n) is 6.23. The lowest BCUT2D eigenvalue weighted by Gasteiger charge is -2.37. The first-order valence-electron chi connectivity index (χ1n) is 8.15. The third-order valence-corrected chi connectivity index (χ3v) is 4.61. The molecule has 2 amide bonds. The quantitative estimate of drug-likeness (QED) is 0.773. The van der Waals surface area contributed by atoms with Crippen molar-refractivity contribution in [2.75, 3.05) is 66.0 Å². The van der Waals surface area contributed by atoms with Gasteiger partial charge in [-0.1, -0.05) is 0 Å². The van der Waals surface area contributed by atoms with E-state index in [0.717, 1.165) is 39.3 Å². The van der Waals surface area contributed by atoms with E-state index in [-0.39, 0.29) is 11.8 Å². The summed E-state index contributed by atoms with van der Waals surface area (Å²) in [5, 5.41) is 0. The predicted octanol–water partition coefficient (Wildman–Crippen LogP) is -0.189. The van der Waals surface area contributed by atoms with E-state index >= 15 is 0 Å². The molecule has 0 aliphatic carbocycles. The van der Waals surface area contributed by atoms with Crippen LogP contribution in [0.15, 0.2) is 22.8 Å². The average Bonchev–Trinajstić information content (AvgIpc) is 3.10. The lowest BCUT2D eigenvalue weighted by atomic mass is 10.2. The second-order valence-corrected chi connectivity index (χ2v) is 6.23. The van der Waals surface area contributed by atoms with Crippen LogP contribution in [-0.4, -0.2) is 97.4 Å². The van der Waals surface area contributed by atoms with Gasteiger partial charge in [0.2, 0.25) is 5.91 Å². The monoisotopic (exact) mass is 320 g/mol. The van der Waals surface area contributed by atoms with Crippen LogP contribution in [0.2, 0.25) is 0 Å². The number of likely N-dealkylation sites (N-methyl/N-ethyl adjacent to an activating group) is 1. The van der Waals surface area contributed by atoms with Gasteiger partial charge in [-0.3, -0.25) is 14.5 Å². The molecule has 0 spiro atoms. The Kier molecular flexibility index (Phi) is 4.97. The zero-order valence-corrected chi connectivity index (χ0v) is 13.6. The Morgan fingerprint density at radius 2 is 1.65 bits per heavy atom. The maximum atomic E-state index is 12.3. The Hall–Kier alpha value is -1.86. The molecule has 2 saturated heterocycles. The molecule has 23 heavy (non-hydrogen) atoms. The molecule has 0 unspecified atom stereocenters. The van der Waals surface area contributed by atoms with E-state index < -0.39 is 0 Å². The van der Waals surface area contributed by atoms with Crippen LogP contribution in [0.25, 0.3) is 0 Å². The molecule has 0 N–H and O–H groups in total. The summed E-state index contributed by atoms with van der Waals surface area (Å²) in [5.41, 5.74) is 0.